The van der Waals surface area contributed by atoms with Gasteiger partial charge in [0, 0.05) is 11.6 Å². The molecule has 0 aromatic heterocycles. The first-order chi connectivity index (χ1) is 7.86. The van der Waals surface area contributed by atoms with Crippen molar-refractivity contribution >= 4 is 11.6 Å². The molecule has 1 N–H and O–H groups in total. The maximum Gasteiger partial charge on any atom is 0.416 e. The molecule has 1 aromatic rings. The van der Waals surface area contributed by atoms with E-state index in [2.05, 4.69) is 5.32 Å². The molecular weight excluding hydrogens is 231 g/mol. The van der Waals surface area contributed by atoms with E-state index in [9.17, 15) is 18.0 Å². The van der Waals surface area contributed by atoms with Crippen molar-refractivity contribution in [1.29, 1.82) is 0 Å². The van der Waals surface area contributed by atoms with E-state index in [0.29, 0.717) is 5.56 Å². The molecule has 1 amide bonds. The minimum atomic E-state index is -4.38. The molecule has 17 heavy (non-hydrogen) atoms. The summed E-state index contributed by atoms with van der Waals surface area (Å²) in [5.41, 5.74) is -0.0382. The molecule has 92 valence electrons. The van der Waals surface area contributed by atoms with E-state index in [0.717, 1.165) is 25.0 Å². The second-order valence-corrected chi connectivity index (χ2v) is 4.35. The van der Waals surface area contributed by atoms with Gasteiger partial charge in [0.25, 0.3) is 0 Å². The van der Waals surface area contributed by atoms with Crippen LogP contribution in [0.1, 0.15) is 24.0 Å². The number of aryl methyl sites for hydroxylation is 1. The zero-order valence-corrected chi connectivity index (χ0v) is 9.27. The normalized spacial score (nSPS) is 15.8. The summed E-state index contributed by atoms with van der Waals surface area (Å²) in [4.78, 5) is 11.5. The standard InChI is InChI=1S/C12H12F3NO/c1-7-4-9(12(13,14)15)6-10(5-7)16-11(17)8-2-3-8/h4-6,8H,2-3H2,1H3,(H,16,17). The summed E-state index contributed by atoms with van der Waals surface area (Å²) < 4.78 is 37.6. The van der Waals surface area contributed by atoms with Gasteiger partial charge in [-0.15, -0.1) is 0 Å². The Labute approximate surface area is 96.8 Å². The van der Waals surface area contributed by atoms with Crippen LogP contribution in [0.15, 0.2) is 18.2 Å². The number of alkyl halides is 3. The topological polar surface area (TPSA) is 29.1 Å². The molecule has 0 saturated heterocycles. The minimum absolute atomic E-state index is 0.0233. The van der Waals surface area contributed by atoms with Crippen molar-refractivity contribution in [1.82, 2.24) is 0 Å². The van der Waals surface area contributed by atoms with Crippen LogP contribution in [0.3, 0.4) is 0 Å². The third-order valence-electron chi connectivity index (χ3n) is 2.62. The maximum atomic E-state index is 12.5. The van der Waals surface area contributed by atoms with Crippen molar-refractivity contribution in [3.8, 4) is 0 Å². The fourth-order valence-corrected chi connectivity index (χ4v) is 1.61. The van der Waals surface area contributed by atoms with E-state index in [1.807, 2.05) is 0 Å². The predicted molar refractivity (Wildman–Crippen MR) is 57.5 cm³/mol. The fourth-order valence-electron chi connectivity index (χ4n) is 1.61. The Balaban J connectivity index is 2.22. The van der Waals surface area contributed by atoms with Crippen LogP contribution in [0.4, 0.5) is 18.9 Å². The number of carbonyl (C=O) groups excluding carboxylic acids is 1. The highest BCUT2D eigenvalue weighted by Gasteiger charge is 2.32. The van der Waals surface area contributed by atoms with Gasteiger partial charge >= 0.3 is 6.18 Å². The largest absolute Gasteiger partial charge is 0.416 e. The monoisotopic (exact) mass is 243 g/mol. The zero-order chi connectivity index (χ0) is 12.6. The van der Waals surface area contributed by atoms with Crippen LogP contribution < -0.4 is 5.32 Å². The molecule has 5 heteroatoms. The number of benzene rings is 1. The molecule has 0 heterocycles. The number of nitrogens with one attached hydrogen (secondary N) is 1. The number of anilines is 1. The quantitative estimate of drug-likeness (QED) is 0.847. The first kappa shape index (κ1) is 12.0. The molecule has 2 rings (SSSR count). The maximum absolute atomic E-state index is 12.5. The Morgan fingerprint density at radius 1 is 1.29 bits per heavy atom. The van der Waals surface area contributed by atoms with Crippen LogP contribution in [0.5, 0.6) is 0 Å². The van der Waals surface area contributed by atoms with E-state index in [4.69, 9.17) is 0 Å². The Morgan fingerprint density at radius 2 is 1.94 bits per heavy atom. The van der Waals surface area contributed by atoms with E-state index in [1.165, 1.54) is 6.07 Å². The Hall–Kier alpha value is -1.52. The number of amides is 1. The van der Waals surface area contributed by atoms with Gasteiger partial charge in [-0.3, -0.25) is 4.79 Å². The van der Waals surface area contributed by atoms with Crippen LogP contribution in [0, 0.1) is 12.8 Å². The summed E-state index contributed by atoms with van der Waals surface area (Å²) in [5.74, 6) is -0.214. The second kappa shape index (κ2) is 4.05. The number of hydrogen-bond acceptors (Lipinski definition) is 1. The molecule has 0 spiro atoms. The predicted octanol–water partition coefficient (Wildman–Crippen LogP) is 3.36. The van der Waals surface area contributed by atoms with Gasteiger partial charge in [0.05, 0.1) is 5.56 Å². The first-order valence-electron chi connectivity index (χ1n) is 5.36. The average Bonchev–Trinajstić information content (AvgIpc) is 2.97. The highest BCUT2D eigenvalue weighted by atomic mass is 19.4. The molecule has 1 saturated carbocycles. The van der Waals surface area contributed by atoms with Gasteiger partial charge in [-0.05, 0) is 43.5 Å². The Kier molecular flexibility index (Phi) is 2.85. The van der Waals surface area contributed by atoms with Gasteiger partial charge in [0.15, 0.2) is 0 Å². The average molecular weight is 243 g/mol. The molecule has 0 aliphatic heterocycles. The summed E-state index contributed by atoms with van der Waals surface area (Å²) in [5, 5.41) is 2.52. The zero-order valence-electron chi connectivity index (χ0n) is 9.27. The van der Waals surface area contributed by atoms with Crippen molar-refractivity contribution in [2.75, 3.05) is 5.32 Å². The van der Waals surface area contributed by atoms with Gasteiger partial charge in [-0.25, -0.2) is 0 Å². The molecule has 1 aliphatic carbocycles. The Bertz CT molecular complexity index is 450. The molecule has 1 fully saturated rings. The fraction of sp³-hybridized carbons (Fsp3) is 0.417. The van der Waals surface area contributed by atoms with E-state index in [-0.39, 0.29) is 17.5 Å². The molecule has 0 atom stereocenters. The lowest BCUT2D eigenvalue weighted by Gasteiger charge is -2.11. The lowest BCUT2D eigenvalue weighted by Crippen LogP contribution is -2.14. The third kappa shape index (κ3) is 2.99. The lowest BCUT2D eigenvalue weighted by atomic mass is 10.1. The first-order valence-corrected chi connectivity index (χ1v) is 5.36. The van der Waals surface area contributed by atoms with Gasteiger partial charge < -0.3 is 5.32 Å². The third-order valence-corrected chi connectivity index (χ3v) is 2.62. The highest BCUT2D eigenvalue weighted by Crippen LogP contribution is 2.33. The van der Waals surface area contributed by atoms with E-state index in [1.54, 1.807) is 6.92 Å². The smallest absolute Gasteiger partial charge is 0.326 e. The van der Waals surface area contributed by atoms with Crippen molar-refractivity contribution in [3.05, 3.63) is 29.3 Å². The van der Waals surface area contributed by atoms with Gasteiger partial charge in [-0.1, -0.05) is 0 Å². The SMILES string of the molecule is Cc1cc(NC(=O)C2CC2)cc(C(F)(F)F)c1. The van der Waals surface area contributed by atoms with Gasteiger partial charge in [-0.2, -0.15) is 13.2 Å². The summed E-state index contributed by atoms with van der Waals surface area (Å²) in [6.45, 7) is 1.57. The van der Waals surface area contributed by atoms with Crippen LogP contribution >= 0.6 is 0 Å². The highest BCUT2D eigenvalue weighted by molar-refractivity contribution is 5.94. The molecule has 2 nitrogen and oxygen atoms in total. The van der Waals surface area contributed by atoms with Crippen molar-refractivity contribution in [2.24, 2.45) is 5.92 Å². The minimum Gasteiger partial charge on any atom is -0.326 e. The lowest BCUT2D eigenvalue weighted by molar-refractivity contribution is -0.137. The van der Waals surface area contributed by atoms with Crippen LogP contribution in [0.25, 0.3) is 0 Å². The molecule has 0 unspecified atom stereocenters. The number of halogens is 3. The van der Waals surface area contributed by atoms with Crippen LogP contribution in [0.2, 0.25) is 0 Å². The summed E-state index contributed by atoms with van der Waals surface area (Å²) in [7, 11) is 0. The summed E-state index contributed by atoms with van der Waals surface area (Å²) in [6.07, 6.45) is -2.74. The van der Waals surface area contributed by atoms with Crippen molar-refractivity contribution < 1.29 is 18.0 Å². The second-order valence-electron chi connectivity index (χ2n) is 4.35. The van der Waals surface area contributed by atoms with Gasteiger partial charge in [0.2, 0.25) is 5.91 Å². The van der Waals surface area contributed by atoms with Crippen molar-refractivity contribution in [3.63, 3.8) is 0 Å². The Morgan fingerprint density at radius 3 is 2.47 bits per heavy atom. The number of carbonyl (C=O) groups is 1. The van der Waals surface area contributed by atoms with Crippen LogP contribution in [-0.2, 0) is 11.0 Å². The summed E-state index contributed by atoms with van der Waals surface area (Å²) in [6, 6.07) is 3.57. The summed E-state index contributed by atoms with van der Waals surface area (Å²) >= 11 is 0. The van der Waals surface area contributed by atoms with Crippen molar-refractivity contribution in [2.45, 2.75) is 25.9 Å². The molecular formula is C12H12F3NO. The number of hydrogen-bond donors (Lipinski definition) is 1. The number of rotatable bonds is 2. The molecule has 1 aliphatic rings. The van der Waals surface area contributed by atoms with E-state index < -0.39 is 11.7 Å². The molecule has 0 bridgehead atoms. The van der Waals surface area contributed by atoms with Gasteiger partial charge in [0.1, 0.15) is 0 Å². The molecule has 1 aromatic carbocycles. The van der Waals surface area contributed by atoms with Crippen LogP contribution in [-0.4, -0.2) is 5.91 Å². The van der Waals surface area contributed by atoms with E-state index >= 15 is 0 Å². The molecule has 0 radical (unpaired) electrons.